The fourth-order valence-electron chi connectivity index (χ4n) is 0. The van der Waals surface area contributed by atoms with E-state index in [2.05, 4.69) is 0 Å². The van der Waals surface area contributed by atoms with Crippen molar-refractivity contribution < 1.29 is 4.39 Å². The lowest BCUT2D eigenvalue weighted by atomic mass is 10.1. The first-order chi connectivity index (χ1) is 2.94. The SMILES string of the molecule is CC(Cl)C(C)(C)F. The monoisotopic (exact) mass is 124 g/mol. The van der Waals surface area contributed by atoms with E-state index in [9.17, 15) is 4.39 Å². The zero-order valence-corrected chi connectivity index (χ0v) is 5.59. The van der Waals surface area contributed by atoms with Gasteiger partial charge < -0.3 is 0 Å². The molecule has 7 heavy (non-hydrogen) atoms. The van der Waals surface area contributed by atoms with Crippen LogP contribution in [0.5, 0.6) is 0 Å². The van der Waals surface area contributed by atoms with E-state index in [-0.39, 0.29) is 0 Å². The van der Waals surface area contributed by atoms with Crippen molar-refractivity contribution in [2.75, 3.05) is 0 Å². The Hall–Kier alpha value is 0.220. The Balaban J connectivity index is 3.54. The second-order valence-electron chi connectivity index (χ2n) is 2.18. The molecule has 1 unspecified atom stereocenters. The van der Waals surface area contributed by atoms with Gasteiger partial charge in [-0.15, -0.1) is 11.6 Å². The first kappa shape index (κ1) is 7.22. The van der Waals surface area contributed by atoms with Crippen LogP contribution >= 0.6 is 11.6 Å². The molecule has 0 bridgehead atoms. The smallest absolute Gasteiger partial charge is 0.121 e. The predicted octanol–water partition coefficient (Wildman–Crippen LogP) is 2.36. The van der Waals surface area contributed by atoms with Crippen molar-refractivity contribution in [1.29, 1.82) is 0 Å². The summed E-state index contributed by atoms with van der Waals surface area (Å²) >= 11 is 5.38. The largest absolute Gasteiger partial charge is 0.243 e. The molecule has 0 saturated heterocycles. The van der Waals surface area contributed by atoms with Gasteiger partial charge in [-0.1, -0.05) is 0 Å². The Kier molecular flexibility index (Phi) is 2.06. The van der Waals surface area contributed by atoms with Crippen molar-refractivity contribution in [3.63, 3.8) is 0 Å². The molecule has 0 fully saturated rings. The van der Waals surface area contributed by atoms with Crippen LogP contribution in [-0.4, -0.2) is 11.0 Å². The topological polar surface area (TPSA) is 0 Å². The van der Waals surface area contributed by atoms with Crippen molar-refractivity contribution in [3.8, 4) is 0 Å². The van der Waals surface area contributed by atoms with Gasteiger partial charge in [-0.05, 0) is 20.8 Å². The summed E-state index contributed by atoms with van der Waals surface area (Å²) in [4.78, 5) is 0. The Bertz CT molecular complexity index is 53.6. The molecule has 0 aliphatic heterocycles. The lowest BCUT2D eigenvalue weighted by molar-refractivity contribution is 0.215. The highest BCUT2D eigenvalue weighted by Gasteiger charge is 2.21. The van der Waals surface area contributed by atoms with Crippen LogP contribution in [0, 0.1) is 0 Å². The predicted molar refractivity (Wildman–Crippen MR) is 30.5 cm³/mol. The third-order valence-corrected chi connectivity index (χ3v) is 1.46. The molecule has 0 spiro atoms. The Labute approximate surface area is 48.7 Å². The molecule has 0 N–H and O–H groups in total. The number of rotatable bonds is 1. The fourth-order valence-corrected chi connectivity index (χ4v) is 0. The Morgan fingerprint density at radius 1 is 1.57 bits per heavy atom. The summed E-state index contributed by atoms with van der Waals surface area (Å²) in [6, 6.07) is 0. The standard InChI is InChI=1S/C5H10ClF/c1-4(6)5(2,3)7/h4H,1-3H3. The van der Waals surface area contributed by atoms with Crippen molar-refractivity contribution in [2.45, 2.75) is 31.8 Å². The van der Waals surface area contributed by atoms with E-state index < -0.39 is 11.0 Å². The molecule has 1 atom stereocenters. The molecule has 2 heteroatoms. The number of alkyl halides is 2. The minimum atomic E-state index is -1.23. The maximum atomic E-state index is 12.4. The van der Waals surface area contributed by atoms with Gasteiger partial charge in [0.05, 0.1) is 5.38 Å². The van der Waals surface area contributed by atoms with Gasteiger partial charge in [0.2, 0.25) is 0 Å². The highest BCUT2D eigenvalue weighted by molar-refractivity contribution is 6.21. The summed E-state index contributed by atoms with van der Waals surface area (Å²) in [6.07, 6.45) is 0. The molecule has 0 aromatic heterocycles. The van der Waals surface area contributed by atoms with Crippen LogP contribution in [-0.2, 0) is 0 Å². The zero-order valence-electron chi connectivity index (χ0n) is 4.83. The minimum absolute atomic E-state index is 0.396. The van der Waals surface area contributed by atoms with Crippen molar-refractivity contribution in [2.24, 2.45) is 0 Å². The molecule has 0 amide bonds. The van der Waals surface area contributed by atoms with E-state index in [1.54, 1.807) is 6.92 Å². The maximum absolute atomic E-state index is 12.4. The molecule has 0 heterocycles. The van der Waals surface area contributed by atoms with Gasteiger partial charge in [0, 0.05) is 0 Å². The summed E-state index contributed by atoms with van der Waals surface area (Å²) in [5, 5.41) is -0.396. The molecule has 44 valence electrons. The molecule has 0 saturated carbocycles. The molecular weight excluding hydrogens is 115 g/mol. The van der Waals surface area contributed by atoms with Crippen molar-refractivity contribution >= 4 is 11.6 Å². The van der Waals surface area contributed by atoms with Crippen LogP contribution in [0.1, 0.15) is 20.8 Å². The number of hydrogen-bond donors (Lipinski definition) is 0. The fraction of sp³-hybridized carbons (Fsp3) is 1.00. The maximum Gasteiger partial charge on any atom is 0.121 e. The summed E-state index contributed by atoms with van der Waals surface area (Å²) in [7, 11) is 0. The van der Waals surface area contributed by atoms with E-state index in [1.165, 1.54) is 13.8 Å². The molecule has 0 aromatic rings. The minimum Gasteiger partial charge on any atom is -0.243 e. The molecule has 0 nitrogen and oxygen atoms in total. The van der Waals surface area contributed by atoms with Gasteiger partial charge in [0.15, 0.2) is 0 Å². The second-order valence-corrected chi connectivity index (χ2v) is 2.84. The lowest BCUT2D eigenvalue weighted by Crippen LogP contribution is -2.22. The lowest BCUT2D eigenvalue weighted by Gasteiger charge is -2.15. The van der Waals surface area contributed by atoms with Crippen LogP contribution in [0.4, 0.5) is 4.39 Å². The van der Waals surface area contributed by atoms with Gasteiger partial charge in [-0.25, -0.2) is 4.39 Å². The number of halogens is 2. The summed E-state index contributed by atoms with van der Waals surface area (Å²) < 4.78 is 12.4. The summed E-state index contributed by atoms with van der Waals surface area (Å²) in [6.45, 7) is 4.57. The van der Waals surface area contributed by atoms with E-state index in [1.807, 2.05) is 0 Å². The highest BCUT2D eigenvalue weighted by atomic mass is 35.5. The van der Waals surface area contributed by atoms with Gasteiger partial charge in [-0.2, -0.15) is 0 Å². The van der Waals surface area contributed by atoms with Crippen LogP contribution < -0.4 is 0 Å². The molecule has 0 radical (unpaired) electrons. The van der Waals surface area contributed by atoms with Crippen molar-refractivity contribution in [1.82, 2.24) is 0 Å². The van der Waals surface area contributed by atoms with E-state index >= 15 is 0 Å². The third kappa shape index (κ3) is 2.86. The van der Waals surface area contributed by atoms with E-state index in [4.69, 9.17) is 11.6 Å². The summed E-state index contributed by atoms with van der Waals surface area (Å²) in [5.74, 6) is 0. The van der Waals surface area contributed by atoms with Gasteiger partial charge >= 0.3 is 0 Å². The van der Waals surface area contributed by atoms with Crippen molar-refractivity contribution in [3.05, 3.63) is 0 Å². The molecular formula is C5H10ClF. The Morgan fingerprint density at radius 2 is 1.71 bits per heavy atom. The van der Waals surface area contributed by atoms with Crippen LogP contribution in [0.3, 0.4) is 0 Å². The van der Waals surface area contributed by atoms with E-state index in [0.717, 1.165) is 0 Å². The van der Waals surface area contributed by atoms with Gasteiger partial charge in [-0.3, -0.25) is 0 Å². The van der Waals surface area contributed by atoms with Crippen LogP contribution in [0.25, 0.3) is 0 Å². The second kappa shape index (κ2) is 1.99. The molecule has 0 aromatic carbocycles. The third-order valence-electron chi connectivity index (χ3n) is 0.946. The number of hydrogen-bond acceptors (Lipinski definition) is 0. The average molecular weight is 125 g/mol. The van der Waals surface area contributed by atoms with Crippen LogP contribution in [0.2, 0.25) is 0 Å². The quantitative estimate of drug-likeness (QED) is 0.471. The molecule has 0 rings (SSSR count). The van der Waals surface area contributed by atoms with Crippen LogP contribution in [0.15, 0.2) is 0 Å². The molecule has 0 aliphatic carbocycles. The average Bonchev–Trinajstić information content (AvgIpc) is 1.31. The highest BCUT2D eigenvalue weighted by Crippen LogP contribution is 2.18. The first-order valence-electron chi connectivity index (χ1n) is 2.27. The van der Waals surface area contributed by atoms with Gasteiger partial charge in [0.25, 0.3) is 0 Å². The summed E-state index contributed by atoms with van der Waals surface area (Å²) in [5.41, 5.74) is -1.23. The first-order valence-corrected chi connectivity index (χ1v) is 2.71. The molecule has 0 aliphatic rings. The normalized spacial score (nSPS) is 16.7. The van der Waals surface area contributed by atoms with Gasteiger partial charge in [0.1, 0.15) is 5.67 Å². The van der Waals surface area contributed by atoms with E-state index in [0.29, 0.717) is 0 Å². The Morgan fingerprint density at radius 3 is 1.71 bits per heavy atom. The zero-order chi connectivity index (χ0) is 6.08.